The van der Waals surface area contributed by atoms with Crippen molar-refractivity contribution in [1.82, 2.24) is 20.6 Å². The molecule has 0 aromatic carbocycles. The van der Waals surface area contributed by atoms with E-state index in [1.165, 1.54) is 12.4 Å². The fourth-order valence-corrected chi connectivity index (χ4v) is 1.10. The van der Waals surface area contributed by atoms with Gasteiger partial charge in [0, 0.05) is 6.54 Å². The number of nitrogens with zero attached hydrogens (tertiary/aromatic N) is 2. The molecule has 98 valence electrons. The van der Waals surface area contributed by atoms with E-state index in [1.807, 2.05) is 6.92 Å². The van der Waals surface area contributed by atoms with E-state index in [4.69, 9.17) is 5.84 Å². The minimum absolute atomic E-state index is 0.0859. The number of anilines is 1. The summed E-state index contributed by atoms with van der Waals surface area (Å²) in [5, 5.41) is 5.08. The van der Waals surface area contributed by atoms with Crippen LogP contribution in [0.15, 0.2) is 12.4 Å². The van der Waals surface area contributed by atoms with E-state index in [2.05, 4.69) is 26.0 Å². The predicted octanol–water partition coefficient (Wildman–Crippen LogP) is -0.982. The van der Waals surface area contributed by atoms with Gasteiger partial charge in [-0.2, -0.15) is 0 Å². The third kappa shape index (κ3) is 4.34. The monoisotopic (exact) mass is 252 g/mol. The molecular weight excluding hydrogens is 236 g/mol. The molecule has 8 heteroatoms. The van der Waals surface area contributed by atoms with Gasteiger partial charge in [-0.15, -0.1) is 0 Å². The van der Waals surface area contributed by atoms with Crippen LogP contribution < -0.4 is 21.9 Å². The van der Waals surface area contributed by atoms with Crippen molar-refractivity contribution in [2.45, 2.75) is 13.3 Å². The normalized spacial score (nSPS) is 9.67. The summed E-state index contributed by atoms with van der Waals surface area (Å²) in [7, 11) is 0. The number of hydrogen-bond donors (Lipinski definition) is 4. The number of rotatable bonds is 6. The summed E-state index contributed by atoms with van der Waals surface area (Å²) in [6.07, 6.45) is 3.44. The molecule has 5 N–H and O–H groups in total. The van der Waals surface area contributed by atoms with E-state index >= 15 is 0 Å². The first-order chi connectivity index (χ1) is 8.67. The molecule has 0 aliphatic rings. The molecule has 0 fully saturated rings. The Bertz CT molecular complexity index is 405. The summed E-state index contributed by atoms with van der Waals surface area (Å²) in [6, 6.07) is 0. The van der Waals surface area contributed by atoms with Crippen LogP contribution in [0.2, 0.25) is 0 Å². The maximum atomic E-state index is 11.6. The van der Waals surface area contributed by atoms with Crippen molar-refractivity contribution in [3.05, 3.63) is 18.1 Å². The van der Waals surface area contributed by atoms with Crippen molar-refractivity contribution in [3.8, 4) is 0 Å². The van der Waals surface area contributed by atoms with E-state index in [0.29, 0.717) is 12.4 Å². The Morgan fingerprint density at radius 2 is 2.06 bits per heavy atom. The highest BCUT2D eigenvalue weighted by Gasteiger charge is 2.09. The largest absolute Gasteiger partial charge is 0.355 e. The van der Waals surface area contributed by atoms with Crippen LogP contribution >= 0.6 is 0 Å². The average Bonchev–Trinajstić information content (AvgIpc) is 2.42. The summed E-state index contributed by atoms with van der Waals surface area (Å²) in [4.78, 5) is 30.5. The van der Waals surface area contributed by atoms with E-state index in [1.54, 1.807) is 0 Å². The highest BCUT2D eigenvalue weighted by atomic mass is 16.2. The van der Waals surface area contributed by atoms with Crippen molar-refractivity contribution in [2.24, 2.45) is 5.84 Å². The third-order valence-electron chi connectivity index (χ3n) is 2.01. The van der Waals surface area contributed by atoms with Gasteiger partial charge in [0.1, 0.15) is 5.69 Å². The summed E-state index contributed by atoms with van der Waals surface area (Å²) in [6.45, 7) is 2.45. The van der Waals surface area contributed by atoms with Gasteiger partial charge >= 0.3 is 0 Å². The van der Waals surface area contributed by atoms with Crippen LogP contribution in [0.5, 0.6) is 0 Å². The average molecular weight is 252 g/mol. The minimum atomic E-state index is -0.460. The van der Waals surface area contributed by atoms with Crippen molar-refractivity contribution >= 4 is 17.6 Å². The molecule has 0 radical (unpaired) electrons. The first kappa shape index (κ1) is 13.8. The van der Waals surface area contributed by atoms with Crippen molar-refractivity contribution < 1.29 is 9.59 Å². The van der Waals surface area contributed by atoms with Crippen molar-refractivity contribution in [3.63, 3.8) is 0 Å². The molecule has 1 rings (SSSR count). The first-order valence-corrected chi connectivity index (χ1v) is 5.51. The zero-order chi connectivity index (χ0) is 13.4. The van der Waals surface area contributed by atoms with Gasteiger partial charge in [0.15, 0.2) is 5.82 Å². The lowest BCUT2D eigenvalue weighted by molar-refractivity contribution is -0.120. The van der Waals surface area contributed by atoms with E-state index in [9.17, 15) is 9.59 Å². The zero-order valence-electron chi connectivity index (χ0n) is 10.1. The number of carbonyl (C=O) groups excluding carboxylic acids is 2. The molecule has 1 aromatic heterocycles. The number of nitrogens with one attached hydrogen (secondary N) is 3. The summed E-state index contributed by atoms with van der Waals surface area (Å²) < 4.78 is 0. The molecule has 0 unspecified atom stereocenters. The van der Waals surface area contributed by atoms with Crippen LogP contribution in [0.4, 0.5) is 5.82 Å². The second-order valence-electron chi connectivity index (χ2n) is 3.46. The van der Waals surface area contributed by atoms with Crippen LogP contribution in [0.3, 0.4) is 0 Å². The lowest BCUT2D eigenvalue weighted by atomic mass is 10.4. The number of nitrogens with two attached hydrogens (primary N) is 1. The summed E-state index contributed by atoms with van der Waals surface area (Å²) in [5.41, 5.74) is 2.42. The SMILES string of the molecule is CCCNC(=O)CNC(=O)c1cnc(NN)cn1. The molecule has 1 aromatic rings. The predicted molar refractivity (Wildman–Crippen MR) is 65.5 cm³/mol. The minimum Gasteiger partial charge on any atom is -0.355 e. The molecule has 8 nitrogen and oxygen atoms in total. The molecule has 18 heavy (non-hydrogen) atoms. The van der Waals surface area contributed by atoms with Gasteiger partial charge in [-0.25, -0.2) is 15.8 Å². The second-order valence-corrected chi connectivity index (χ2v) is 3.46. The molecule has 0 atom stereocenters. The number of carbonyl (C=O) groups is 2. The van der Waals surface area contributed by atoms with E-state index < -0.39 is 5.91 Å². The van der Waals surface area contributed by atoms with Crippen LogP contribution in [0.25, 0.3) is 0 Å². The Kier molecular flexibility index (Phi) is 5.52. The first-order valence-electron chi connectivity index (χ1n) is 5.51. The number of amides is 2. The van der Waals surface area contributed by atoms with Gasteiger partial charge in [0.2, 0.25) is 5.91 Å². The Hall–Kier alpha value is -2.22. The molecule has 0 saturated heterocycles. The van der Waals surface area contributed by atoms with Crippen LogP contribution in [-0.2, 0) is 4.79 Å². The number of nitrogen functional groups attached to an aromatic ring is 1. The van der Waals surface area contributed by atoms with Gasteiger partial charge in [-0.3, -0.25) is 9.59 Å². The van der Waals surface area contributed by atoms with Gasteiger partial charge < -0.3 is 16.1 Å². The van der Waals surface area contributed by atoms with E-state index in [-0.39, 0.29) is 18.1 Å². The molecule has 0 aliphatic heterocycles. The maximum Gasteiger partial charge on any atom is 0.271 e. The molecular formula is C10H16N6O2. The summed E-state index contributed by atoms with van der Waals surface area (Å²) >= 11 is 0. The fourth-order valence-electron chi connectivity index (χ4n) is 1.10. The zero-order valence-corrected chi connectivity index (χ0v) is 10.1. The van der Waals surface area contributed by atoms with E-state index in [0.717, 1.165) is 6.42 Å². The van der Waals surface area contributed by atoms with Crippen LogP contribution in [0.1, 0.15) is 23.8 Å². The maximum absolute atomic E-state index is 11.6. The smallest absolute Gasteiger partial charge is 0.271 e. The Balaban J connectivity index is 2.42. The Labute approximate surface area is 104 Å². The highest BCUT2D eigenvalue weighted by molar-refractivity contribution is 5.94. The molecule has 2 amide bonds. The molecule has 0 saturated carbocycles. The van der Waals surface area contributed by atoms with Crippen LogP contribution in [0, 0.1) is 0 Å². The topological polar surface area (TPSA) is 122 Å². The van der Waals surface area contributed by atoms with Gasteiger partial charge in [0.05, 0.1) is 18.9 Å². The molecule has 0 aliphatic carbocycles. The summed E-state index contributed by atoms with van der Waals surface area (Å²) in [5.74, 6) is 4.77. The van der Waals surface area contributed by atoms with Crippen molar-refractivity contribution in [1.29, 1.82) is 0 Å². The standard InChI is InChI=1S/C10H16N6O2/c1-2-3-12-9(17)6-15-10(18)7-4-14-8(16-11)5-13-7/h4-5H,2-3,6,11H2,1H3,(H,12,17)(H,14,16)(H,15,18). The van der Waals surface area contributed by atoms with Crippen molar-refractivity contribution in [2.75, 3.05) is 18.5 Å². The lowest BCUT2D eigenvalue weighted by Gasteiger charge is -2.05. The van der Waals surface area contributed by atoms with Gasteiger partial charge in [0.25, 0.3) is 5.91 Å². The number of aromatic nitrogens is 2. The van der Waals surface area contributed by atoms with Crippen LogP contribution in [-0.4, -0.2) is 34.9 Å². The number of hydrogen-bond acceptors (Lipinski definition) is 6. The quantitative estimate of drug-likeness (QED) is 0.381. The highest BCUT2D eigenvalue weighted by Crippen LogP contribution is 1.98. The van der Waals surface area contributed by atoms with Gasteiger partial charge in [-0.05, 0) is 6.42 Å². The van der Waals surface area contributed by atoms with Gasteiger partial charge in [-0.1, -0.05) is 6.92 Å². The lowest BCUT2D eigenvalue weighted by Crippen LogP contribution is -2.37. The molecule has 0 spiro atoms. The third-order valence-corrected chi connectivity index (χ3v) is 2.01. The molecule has 1 heterocycles. The Morgan fingerprint density at radius 3 is 2.61 bits per heavy atom. The number of hydrazine groups is 1. The second kappa shape index (κ2) is 7.17. The Morgan fingerprint density at radius 1 is 1.28 bits per heavy atom. The molecule has 0 bridgehead atoms. The fraction of sp³-hybridized carbons (Fsp3) is 0.400.